The summed E-state index contributed by atoms with van der Waals surface area (Å²) in [5.74, 6) is 0.193. The Hall–Kier alpha value is -1.34. The summed E-state index contributed by atoms with van der Waals surface area (Å²) in [5.41, 5.74) is 1.02. The van der Waals surface area contributed by atoms with Crippen molar-refractivity contribution in [3.63, 3.8) is 0 Å². The topological polar surface area (TPSA) is 57.9 Å². The van der Waals surface area contributed by atoms with Gasteiger partial charge >= 0.3 is 0 Å². The summed E-state index contributed by atoms with van der Waals surface area (Å²) in [6, 6.07) is 8.93. The first-order chi connectivity index (χ1) is 7.49. The van der Waals surface area contributed by atoms with Gasteiger partial charge in [0.1, 0.15) is 0 Å². The Bertz CT molecular complexity index is 483. The summed E-state index contributed by atoms with van der Waals surface area (Å²) >= 11 is 0. The molecule has 0 radical (unpaired) electrons. The van der Waals surface area contributed by atoms with Crippen molar-refractivity contribution in [3.8, 4) is 6.07 Å². The van der Waals surface area contributed by atoms with Gasteiger partial charge in [-0.3, -0.25) is 0 Å². The van der Waals surface area contributed by atoms with Gasteiger partial charge in [0.25, 0.3) is 0 Å². The van der Waals surface area contributed by atoms with Gasteiger partial charge in [-0.15, -0.1) is 0 Å². The van der Waals surface area contributed by atoms with Gasteiger partial charge in [0.2, 0.25) is 0 Å². The maximum Gasteiger partial charge on any atom is 0.175 e. The zero-order valence-corrected chi connectivity index (χ0v) is 10.3. The predicted octanol–water partition coefficient (Wildman–Crippen LogP) is 2.50. The third kappa shape index (κ3) is 3.07. The van der Waals surface area contributed by atoms with Crippen LogP contribution in [0.15, 0.2) is 29.2 Å². The highest BCUT2D eigenvalue weighted by Crippen LogP contribution is 2.23. The fourth-order valence-corrected chi connectivity index (χ4v) is 2.23. The van der Waals surface area contributed by atoms with Gasteiger partial charge < -0.3 is 0 Å². The molecule has 0 aromatic heterocycles. The van der Waals surface area contributed by atoms with Crippen molar-refractivity contribution in [1.82, 2.24) is 0 Å². The number of benzene rings is 1. The molecule has 1 rings (SSSR count). The Morgan fingerprint density at radius 3 is 2.25 bits per heavy atom. The van der Waals surface area contributed by atoms with E-state index in [9.17, 15) is 8.42 Å². The normalized spacial score (nSPS) is 13.1. The van der Waals surface area contributed by atoms with Gasteiger partial charge in [0, 0.05) is 12.7 Å². The highest BCUT2D eigenvalue weighted by atomic mass is 32.2. The smallest absolute Gasteiger partial charge is 0.175 e. The Morgan fingerprint density at radius 2 is 1.88 bits per heavy atom. The highest BCUT2D eigenvalue weighted by Gasteiger charge is 2.11. The monoisotopic (exact) mass is 237 g/mol. The van der Waals surface area contributed by atoms with Crippen LogP contribution >= 0.6 is 0 Å². The van der Waals surface area contributed by atoms with Crippen molar-refractivity contribution in [2.75, 3.05) is 6.26 Å². The van der Waals surface area contributed by atoms with Crippen LogP contribution < -0.4 is 0 Å². The van der Waals surface area contributed by atoms with E-state index in [4.69, 9.17) is 5.26 Å². The van der Waals surface area contributed by atoms with Gasteiger partial charge in [-0.05, 0) is 30.0 Å². The van der Waals surface area contributed by atoms with Gasteiger partial charge in [0.15, 0.2) is 9.84 Å². The quantitative estimate of drug-likeness (QED) is 0.808. The van der Waals surface area contributed by atoms with E-state index >= 15 is 0 Å². The van der Waals surface area contributed by atoms with Crippen molar-refractivity contribution >= 4 is 9.84 Å². The van der Waals surface area contributed by atoms with Crippen LogP contribution in [0.3, 0.4) is 0 Å². The van der Waals surface area contributed by atoms with Crippen LogP contribution in [-0.2, 0) is 9.84 Å². The average molecular weight is 237 g/mol. The number of sulfone groups is 1. The predicted molar refractivity (Wildman–Crippen MR) is 62.8 cm³/mol. The minimum absolute atomic E-state index is 0.193. The van der Waals surface area contributed by atoms with Crippen LogP contribution in [0.2, 0.25) is 0 Å². The summed E-state index contributed by atoms with van der Waals surface area (Å²) in [5, 5.41) is 8.67. The molecule has 0 N–H and O–H groups in total. The van der Waals surface area contributed by atoms with E-state index in [2.05, 4.69) is 6.07 Å². The third-order valence-electron chi connectivity index (χ3n) is 2.61. The van der Waals surface area contributed by atoms with E-state index in [1.807, 2.05) is 6.92 Å². The lowest BCUT2D eigenvalue weighted by molar-refractivity contribution is 0.601. The Morgan fingerprint density at radius 1 is 1.31 bits per heavy atom. The number of rotatable bonds is 4. The molecule has 86 valence electrons. The van der Waals surface area contributed by atoms with Gasteiger partial charge in [-0.2, -0.15) is 5.26 Å². The SMILES string of the molecule is CCC(CC#N)c1ccc(S(C)(=O)=O)cc1. The molecule has 3 nitrogen and oxygen atoms in total. The summed E-state index contributed by atoms with van der Waals surface area (Å²) in [4.78, 5) is 0.322. The largest absolute Gasteiger partial charge is 0.224 e. The van der Waals surface area contributed by atoms with Crippen molar-refractivity contribution < 1.29 is 8.42 Å². The molecule has 0 aliphatic heterocycles. The van der Waals surface area contributed by atoms with Crippen LogP contribution in [0.4, 0.5) is 0 Å². The van der Waals surface area contributed by atoms with Crippen LogP contribution in [0, 0.1) is 11.3 Å². The minimum Gasteiger partial charge on any atom is -0.224 e. The zero-order chi connectivity index (χ0) is 12.2. The maximum absolute atomic E-state index is 11.3. The minimum atomic E-state index is -3.13. The van der Waals surface area contributed by atoms with E-state index in [-0.39, 0.29) is 5.92 Å². The first-order valence-corrected chi connectivity index (χ1v) is 7.05. The molecule has 0 heterocycles. The van der Waals surface area contributed by atoms with E-state index < -0.39 is 9.84 Å². The van der Waals surface area contributed by atoms with Gasteiger partial charge in [-0.25, -0.2) is 8.42 Å². The van der Waals surface area contributed by atoms with E-state index in [0.29, 0.717) is 11.3 Å². The summed E-state index contributed by atoms with van der Waals surface area (Å²) < 4.78 is 22.5. The number of hydrogen-bond acceptors (Lipinski definition) is 3. The van der Waals surface area contributed by atoms with E-state index in [1.54, 1.807) is 24.3 Å². The molecule has 1 atom stereocenters. The van der Waals surface area contributed by atoms with Crippen molar-refractivity contribution in [2.24, 2.45) is 0 Å². The molecule has 1 unspecified atom stereocenters. The van der Waals surface area contributed by atoms with Crippen LogP contribution in [0.25, 0.3) is 0 Å². The number of nitrogens with zero attached hydrogens (tertiary/aromatic N) is 1. The van der Waals surface area contributed by atoms with Crippen LogP contribution in [0.5, 0.6) is 0 Å². The van der Waals surface area contributed by atoms with Gasteiger partial charge in [0.05, 0.1) is 11.0 Å². The molecule has 0 bridgehead atoms. The molecular weight excluding hydrogens is 222 g/mol. The molecule has 0 fully saturated rings. The van der Waals surface area contributed by atoms with Crippen LogP contribution in [0.1, 0.15) is 31.2 Å². The maximum atomic E-state index is 11.3. The highest BCUT2D eigenvalue weighted by molar-refractivity contribution is 7.90. The van der Waals surface area contributed by atoms with Gasteiger partial charge in [-0.1, -0.05) is 19.1 Å². The number of hydrogen-bond donors (Lipinski definition) is 0. The molecule has 16 heavy (non-hydrogen) atoms. The lowest BCUT2D eigenvalue weighted by atomic mass is 9.94. The van der Waals surface area contributed by atoms with Crippen molar-refractivity contribution in [1.29, 1.82) is 5.26 Å². The van der Waals surface area contributed by atoms with Crippen LogP contribution in [-0.4, -0.2) is 14.7 Å². The lowest BCUT2D eigenvalue weighted by Crippen LogP contribution is -1.99. The summed E-state index contributed by atoms with van der Waals surface area (Å²) in [6.45, 7) is 2.02. The molecule has 1 aromatic carbocycles. The number of nitriles is 1. The fraction of sp³-hybridized carbons (Fsp3) is 0.417. The molecule has 0 saturated carbocycles. The Labute approximate surface area is 96.6 Å². The van der Waals surface area contributed by atoms with E-state index in [1.165, 1.54) is 6.26 Å². The van der Waals surface area contributed by atoms with Crippen molar-refractivity contribution in [3.05, 3.63) is 29.8 Å². The molecule has 0 amide bonds. The molecule has 1 aromatic rings. The Balaban J connectivity index is 2.99. The first-order valence-electron chi connectivity index (χ1n) is 5.16. The second kappa shape index (κ2) is 5.13. The average Bonchev–Trinajstić information content (AvgIpc) is 2.25. The molecule has 0 saturated heterocycles. The zero-order valence-electron chi connectivity index (χ0n) is 9.47. The molecule has 0 aliphatic rings. The van der Waals surface area contributed by atoms with E-state index in [0.717, 1.165) is 12.0 Å². The first kappa shape index (κ1) is 12.7. The summed E-state index contributed by atoms with van der Waals surface area (Å²) in [7, 11) is -3.13. The third-order valence-corrected chi connectivity index (χ3v) is 3.74. The molecule has 0 aliphatic carbocycles. The second-order valence-corrected chi connectivity index (χ2v) is 5.82. The standard InChI is InChI=1S/C12H15NO2S/c1-3-10(8-9-13)11-4-6-12(7-5-11)16(2,14)15/h4-7,10H,3,8H2,1-2H3. The molecule has 0 spiro atoms. The molecule has 4 heteroatoms. The Kier molecular flexibility index (Phi) is 4.08. The molecular formula is C12H15NO2S. The lowest BCUT2D eigenvalue weighted by Gasteiger charge is -2.11. The second-order valence-electron chi connectivity index (χ2n) is 3.81. The fourth-order valence-electron chi connectivity index (χ4n) is 1.60. The summed E-state index contributed by atoms with van der Waals surface area (Å²) in [6.07, 6.45) is 2.54. The van der Waals surface area contributed by atoms with Crippen molar-refractivity contribution in [2.45, 2.75) is 30.6 Å².